The summed E-state index contributed by atoms with van der Waals surface area (Å²) in [6, 6.07) is 17.7. The molecule has 0 N–H and O–H groups in total. The van der Waals surface area contributed by atoms with Gasteiger partial charge in [-0.1, -0.05) is 43.3 Å². The maximum absolute atomic E-state index is 2.52. The van der Waals surface area contributed by atoms with Gasteiger partial charge in [-0.2, -0.15) is 4.58 Å². The lowest BCUT2D eigenvalue weighted by Gasteiger charge is -2.29. The maximum atomic E-state index is 2.52. The Hall–Kier alpha value is -2.35. The molecule has 2 nitrogen and oxygen atoms in total. The van der Waals surface area contributed by atoms with E-state index in [1.165, 1.54) is 33.8 Å². The fraction of sp³-hybridized carbons (Fsp3) is 0.375. The molecule has 26 heavy (non-hydrogen) atoms. The molecular formula is C24H29N2+. The zero-order valence-electron chi connectivity index (χ0n) is 16.4. The summed E-state index contributed by atoms with van der Waals surface area (Å²) in [5.41, 5.74) is 8.59. The van der Waals surface area contributed by atoms with E-state index in [-0.39, 0.29) is 5.41 Å². The van der Waals surface area contributed by atoms with Gasteiger partial charge in [0.1, 0.15) is 0 Å². The minimum atomic E-state index is 0.0758. The van der Waals surface area contributed by atoms with E-state index in [0.717, 1.165) is 25.9 Å². The van der Waals surface area contributed by atoms with Crippen molar-refractivity contribution in [3.05, 3.63) is 70.9 Å². The Morgan fingerprint density at radius 2 is 1.85 bits per heavy atom. The van der Waals surface area contributed by atoms with Crippen LogP contribution in [0, 0.1) is 0 Å². The molecule has 2 heterocycles. The van der Waals surface area contributed by atoms with Crippen molar-refractivity contribution in [2.24, 2.45) is 0 Å². The molecular weight excluding hydrogens is 316 g/mol. The lowest BCUT2D eigenvalue weighted by atomic mass is 9.78. The van der Waals surface area contributed by atoms with Gasteiger partial charge in [-0.25, -0.2) is 0 Å². The average Bonchev–Trinajstić information content (AvgIpc) is 3.19. The third-order valence-electron chi connectivity index (χ3n) is 6.25. The molecule has 0 fully saturated rings. The van der Waals surface area contributed by atoms with Crippen LogP contribution in [0.25, 0.3) is 0 Å². The van der Waals surface area contributed by atoms with E-state index >= 15 is 0 Å². The smallest absolute Gasteiger partial charge is 0.208 e. The molecule has 1 atom stereocenters. The van der Waals surface area contributed by atoms with Crippen LogP contribution in [-0.2, 0) is 11.8 Å². The monoisotopic (exact) mass is 345 g/mol. The van der Waals surface area contributed by atoms with Gasteiger partial charge in [-0.15, -0.1) is 0 Å². The molecule has 134 valence electrons. The predicted octanol–water partition coefficient (Wildman–Crippen LogP) is 5.44. The first-order valence-electron chi connectivity index (χ1n) is 9.88. The molecule has 0 radical (unpaired) electrons. The molecule has 0 saturated heterocycles. The lowest BCUT2D eigenvalue weighted by molar-refractivity contribution is -0.423. The molecule has 2 aliphatic rings. The SMILES string of the molecule is CCN1C(=C(C)C=[N+]2CCc3ccccc32)C(C)(CC)c2ccccc21. The highest BCUT2D eigenvalue weighted by Gasteiger charge is 2.43. The number of nitrogens with zero attached hydrogens (tertiary/aromatic N) is 2. The van der Waals surface area contributed by atoms with E-state index in [0.29, 0.717) is 0 Å². The van der Waals surface area contributed by atoms with Crippen LogP contribution in [0.5, 0.6) is 0 Å². The Morgan fingerprint density at radius 1 is 1.12 bits per heavy atom. The van der Waals surface area contributed by atoms with E-state index in [1.807, 2.05) is 0 Å². The van der Waals surface area contributed by atoms with E-state index in [1.54, 1.807) is 0 Å². The zero-order valence-corrected chi connectivity index (χ0v) is 16.4. The Kier molecular flexibility index (Phi) is 4.22. The van der Waals surface area contributed by atoms with Crippen LogP contribution in [0.3, 0.4) is 0 Å². The highest BCUT2D eigenvalue weighted by Crippen LogP contribution is 2.50. The van der Waals surface area contributed by atoms with Crippen LogP contribution in [0.1, 0.15) is 45.2 Å². The van der Waals surface area contributed by atoms with Gasteiger partial charge in [0, 0.05) is 47.0 Å². The maximum Gasteiger partial charge on any atom is 0.208 e. The Balaban J connectivity index is 1.86. The number of benzene rings is 2. The standard InChI is InChI=1S/C24H29N2/c1-5-24(4)20-12-8-10-14-22(20)26(6-2)23(24)18(3)17-25-16-15-19-11-7-9-13-21(19)25/h7-14,17H,5-6,15-16H2,1-4H3/q+1. The molecule has 4 rings (SSSR count). The van der Waals surface area contributed by atoms with Gasteiger partial charge in [-0.3, -0.25) is 0 Å². The molecule has 0 spiro atoms. The summed E-state index contributed by atoms with van der Waals surface area (Å²) in [7, 11) is 0. The van der Waals surface area contributed by atoms with Crippen LogP contribution in [0.15, 0.2) is 59.8 Å². The second-order valence-electron chi connectivity index (χ2n) is 7.68. The van der Waals surface area contributed by atoms with Crippen LogP contribution in [-0.4, -0.2) is 23.9 Å². The van der Waals surface area contributed by atoms with E-state index in [9.17, 15) is 0 Å². The number of hydrogen-bond acceptors (Lipinski definition) is 1. The first-order valence-corrected chi connectivity index (χ1v) is 9.88. The van der Waals surface area contributed by atoms with Gasteiger partial charge in [0.25, 0.3) is 0 Å². The summed E-state index contributed by atoms with van der Waals surface area (Å²) in [5, 5.41) is 0. The predicted molar refractivity (Wildman–Crippen MR) is 111 cm³/mol. The van der Waals surface area contributed by atoms with Crippen molar-refractivity contribution in [1.29, 1.82) is 0 Å². The van der Waals surface area contributed by atoms with E-state index in [2.05, 4.69) is 91.9 Å². The van der Waals surface area contributed by atoms with Gasteiger partial charge in [0.15, 0.2) is 12.8 Å². The summed E-state index contributed by atoms with van der Waals surface area (Å²) >= 11 is 0. The number of fused-ring (bicyclic) bond motifs is 2. The molecule has 0 saturated carbocycles. The number of rotatable bonds is 3. The molecule has 0 bridgehead atoms. The van der Waals surface area contributed by atoms with Gasteiger partial charge in [0.05, 0.1) is 0 Å². The first-order chi connectivity index (χ1) is 12.6. The second kappa shape index (κ2) is 6.42. The first kappa shape index (κ1) is 17.1. The van der Waals surface area contributed by atoms with Crippen molar-refractivity contribution in [1.82, 2.24) is 0 Å². The molecule has 0 amide bonds. The summed E-state index contributed by atoms with van der Waals surface area (Å²) in [6.07, 6.45) is 4.62. The fourth-order valence-corrected chi connectivity index (χ4v) is 4.85. The third-order valence-corrected chi connectivity index (χ3v) is 6.25. The third kappa shape index (κ3) is 2.43. The van der Waals surface area contributed by atoms with Crippen molar-refractivity contribution < 1.29 is 4.58 Å². The second-order valence-corrected chi connectivity index (χ2v) is 7.68. The zero-order chi connectivity index (χ0) is 18.3. The van der Waals surface area contributed by atoms with Crippen LogP contribution < -0.4 is 4.90 Å². The average molecular weight is 346 g/mol. The normalized spacial score (nSPS) is 24.8. The lowest BCUT2D eigenvalue weighted by Crippen LogP contribution is -2.30. The topological polar surface area (TPSA) is 6.25 Å². The van der Waals surface area contributed by atoms with Gasteiger partial charge >= 0.3 is 0 Å². The van der Waals surface area contributed by atoms with Crippen molar-refractivity contribution in [3.63, 3.8) is 0 Å². The van der Waals surface area contributed by atoms with E-state index < -0.39 is 0 Å². The number of hydrogen-bond donors (Lipinski definition) is 0. The van der Waals surface area contributed by atoms with E-state index in [4.69, 9.17) is 0 Å². The fourth-order valence-electron chi connectivity index (χ4n) is 4.85. The summed E-state index contributed by atoms with van der Waals surface area (Å²) in [5.74, 6) is 0. The molecule has 2 aromatic carbocycles. The van der Waals surface area contributed by atoms with Crippen molar-refractivity contribution in [2.75, 3.05) is 18.0 Å². The van der Waals surface area contributed by atoms with Crippen LogP contribution in [0.4, 0.5) is 11.4 Å². The number of allylic oxidation sites excluding steroid dienone is 2. The summed E-state index contributed by atoms with van der Waals surface area (Å²) < 4.78 is 2.44. The van der Waals surface area contributed by atoms with Crippen molar-refractivity contribution in [3.8, 4) is 0 Å². The highest BCUT2D eigenvalue weighted by molar-refractivity contribution is 5.82. The molecule has 2 aliphatic heterocycles. The summed E-state index contributed by atoms with van der Waals surface area (Å²) in [4.78, 5) is 2.52. The molecule has 2 aromatic rings. The summed E-state index contributed by atoms with van der Waals surface area (Å²) in [6.45, 7) is 11.4. The van der Waals surface area contributed by atoms with Crippen molar-refractivity contribution in [2.45, 2.75) is 46.0 Å². The number of likely N-dealkylation sites (N-methyl/N-ethyl adjacent to an activating group) is 1. The molecule has 2 heteroatoms. The molecule has 0 aromatic heterocycles. The Morgan fingerprint density at radius 3 is 2.62 bits per heavy atom. The number of anilines is 1. The van der Waals surface area contributed by atoms with Crippen LogP contribution >= 0.6 is 0 Å². The minimum Gasteiger partial charge on any atom is -0.344 e. The van der Waals surface area contributed by atoms with Gasteiger partial charge in [-0.05, 0) is 38.8 Å². The van der Waals surface area contributed by atoms with Gasteiger partial charge in [0.2, 0.25) is 5.69 Å². The largest absolute Gasteiger partial charge is 0.344 e. The Labute approximate surface area is 157 Å². The van der Waals surface area contributed by atoms with Crippen LogP contribution in [0.2, 0.25) is 0 Å². The quantitative estimate of drug-likeness (QED) is 0.671. The Bertz CT molecular complexity index is 906. The number of para-hydroxylation sites is 2. The van der Waals surface area contributed by atoms with Gasteiger partial charge < -0.3 is 4.90 Å². The van der Waals surface area contributed by atoms with Crippen molar-refractivity contribution >= 4 is 17.6 Å². The molecule has 1 unspecified atom stereocenters. The molecule has 0 aliphatic carbocycles. The highest BCUT2D eigenvalue weighted by atomic mass is 15.2. The minimum absolute atomic E-state index is 0.0758.